The van der Waals surface area contributed by atoms with E-state index in [1.54, 1.807) is 24.5 Å². The quantitative estimate of drug-likeness (QED) is 0.585. The van der Waals surface area contributed by atoms with Crippen molar-refractivity contribution in [3.63, 3.8) is 0 Å². The number of primary amides is 1. The van der Waals surface area contributed by atoms with Gasteiger partial charge < -0.3 is 25.3 Å². The van der Waals surface area contributed by atoms with Crippen molar-refractivity contribution < 1.29 is 23.8 Å². The lowest BCUT2D eigenvalue weighted by Crippen LogP contribution is -2.22. The van der Waals surface area contributed by atoms with Gasteiger partial charge in [0, 0.05) is 28.2 Å². The normalized spacial score (nSPS) is 15.0. The van der Waals surface area contributed by atoms with Gasteiger partial charge in [0.2, 0.25) is 5.91 Å². The second kappa shape index (κ2) is 8.69. The third-order valence-electron chi connectivity index (χ3n) is 5.15. The van der Waals surface area contributed by atoms with Crippen LogP contribution in [0.5, 0.6) is 17.2 Å². The average molecular weight is 439 g/mol. The maximum absolute atomic E-state index is 12.6. The Hall–Kier alpha value is -3.52. The zero-order chi connectivity index (χ0) is 22.0. The van der Waals surface area contributed by atoms with E-state index in [1.165, 1.54) is 7.11 Å². The van der Waals surface area contributed by atoms with Gasteiger partial charge in [-0.3, -0.25) is 9.59 Å². The van der Waals surface area contributed by atoms with E-state index in [2.05, 4.69) is 10.7 Å². The Morgan fingerprint density at radius 2 is 1.90 bits per heavy atom. The van der Waals surface area contributed by atoms with Crippen LogP contribution in [0.25, 0.3) is 11.1 Å². The van der Waals surface area contributed by atoms with Gasteiger partial charge in [0.15, 0.2) is 18.1 Å². The fraction of sp³-hybridized carbons (Fsp3) is 0.217. The number of hydrogen-bond donors (Lipinski definition) is 2. The van der Waals surface area contributed by atoms with Gasteiger partial charge in [-0.1, -0.05) is 18.2 Å². The topological polar surface area (TPSA) is 99.9 Å². The smallest absolute Gasteiger partial charge is 0.255 e. The lowest BCUT2D eigenvalue weighted by Gasteiger charge is -2.24. The molecule has 2 amide bonds. The molecule has 2 heterocycles. The van der Waals surface area contributed by atoms with Crippen LogP contribution in [0.2, 0.25) is 0 Å². The minimum Gasteiger partial charge on any atom is -0.497 e. The summed E-state index contributed by atoms with van der Waals surface area (Å²) < 4.78 is 16.1. The zero-order valence-electron chi connectivity index (χ0n) is 17.1. The molecule has 160 valence electrons. The van der Waals surface area contributed by atoms with Crippen molar-refractivity contribution >= 4 is 28.8 Å². The summed E-state index contributed by atoms with van der Waals surface area (Å²) in [4.78, 5) is 24.7. The van der Waals surface area contributed by atoms with Crippen LogP contribution in [-0.2, 0) is 9.59 Å². The van der Waals surface area contributed by atoms with Crippen molar-refractivity contribution in [2.24, 2.45) is 5.73 Å². The van der Waals surface area contributed by atoms with E-state index < -0.39 is 5.91 Å². The maximum atomic E-state index is 12.6. The number of methoxy groups -OCH3 is 2. The molecule has 0 bridgehead atoms. The molecular weight excluding hydrogens is 416 g/mol. The first-order valence-corrected chi connectivity index (χ1v) is 10.5. The van der Waals surface area contributed by atoms with E-state index in [1.807, 2.05) is 36.4 Å². The summed E-state index contributed by atoms with van der Waals surface area (Å²) in [7, 11) is 3.16. The van der Waals surface area contributed by atoms with Gasteiger partial charge in [-0.05, 0) is 35.4 Å². The molecular formula is C23H22N2O5S. The van der Waals surface area contributed by atoms with E-state index in [9.17, 15) is 9.59 Å². The number of nitrogens with one attached hydrogen (secondary N) is 1. The standard InChI is InChI=1S/C23H22N2O5S/c1-28-15-6-3-13(4-7-15)17-12-31-23-16(10-21(27)25-22(17)23)14-5-8-18(19(9-14)29-2)30-11-20(24)26/h3-9,12,16H,10-11H2,1-2H3,(H2,24,26)(H,25,27). The van der Waals surface area contributed by atoms with E-state index in [-0.39, 0.29) is 18.4 Å². The lowest BCUT2D eigenvalue weighted by molar-refractivity contribution is -0.120. The number of hydrogen-bond acceptors (Lipinski definition) is 6. The molecule has 2 aromatic carbocycles. The zero-order valence-corrected chi connectivity index (χ0v) is 18.0. The predicted molar refractivity (Wildman–Crippen MR) is 119 cm³/mol. The molecule has 1 aromatic heterocycles. The van der Waals surface area contributed by atoms with Crippen LogP contribution in [0.3, 0.4) is 0 Å². The number of amides is 2. The van der Waals surface area contributed by atoms with Crippen molar-refractivity contribution in [1.82, 2.24) is 0 Å². The second-order valence-corrected chi connectivity index (χ2v) is 8.00. The molecule has 8 heteroatoms. The Morgan fingerprint density at radius 3 is 2.58 bits per heavy atom. The maximum Gasteiger partial charge on any atom is 0.255 e. The van der Waals surface area contributed by atoms with Gasteiger partial charge in [0.1, 0.15) is 5.75 Å². The molecule has 0 saturated carbocycles. The van der Waals surface area contributed by atoms with Crippen molar-refractivity contribution in [3.05, 3.63) is 58.3 Å². The number of ether oxygens (including phenoxy) is 3. The van der Waals surface area contributed by atoms with E-state index in [4.69, 9.17) is 19.9 Å². The first-order valence-electron chi connectivity index (χ1n) is 9.65. The SMILES string of the molecule is COc1ccc(-c2csc3c2NC(=O)CC3c2ccc(OCC(N)=O)c(OC)c2)cc1. The Balaban J connectivity index is 1.69. The van der Waals surface area contributed by atoms with Gasteiger partial charge in [-0.25, -0.2) is 0 Å². The number of rotatable bonds is 7. The van der Waals surface area contributed by atoms with E-state index in [0.29, 0.717) is 17.9 Å². The fourth-order valence-corrected chi connectivity index (χ4v) is 4.81. The van der Waals surface area contributed by atoms with E-state index in [0.717, 1.165) is 33.0 Å². The van der Waals surface area contributed by atoms with Crippen molar-refractivity contribution in [3.8, 4) is 28.4 Å². The lowest BCUT2D eigenvalue weighted by atomic mass is 9.89. The first kappa shape index (κ1) is 20.7. The molecule has 0 saturated heterocycles. The highest BCUT2D eigenvalue weighted by molar-refractivity contribution is 7.11. The summed E-state index contributed by atoms with van der Waals surface area (Å²) in [6.45, 7) is -0.234. The summed E-state index contributed by atoms with van der Waals surface area (Å²) in [5, 5.41) is 5.10. The van der Waals surface area contributed by atoms with Gasteiger partial charge in [-0.2, -0.15) is 0 Å². The Kier molecular flexibility index (Phi) is 5.81. The van der Waals surface area contributed by atoms with Crippen molar-refractivity contribution in [2.45, 2.75) is 12.3 Å². The molecule has 1 atom stereocenters. The van der Waals surface area contributed by atoms with Crippen LogP contribution < -0.4 is 25.3 Å². The third-order valence-corrected chi connectivity index (χ3v) is 6.25. The number of fused-ring (bicyclic) bond motifs is 1. The van der Waals surface area contributed by atoms with Crippen LogP contribution >= 0.6 is 11.3 Å². The molecule has 7 nitrogen and oxygen atoms in total. The highest BCUT2D eigenvalue weighted by Crippen LogP contribution is 2.47. The van der Waals surface area contributed by atoms with Gasteiger partial charge in [0.25, 0.3) is 5.91 Å². The largest absolute Gasteiger partial charge is 0.497 e. The molecule has 3 N–H and O–H groups in total. The third kappa shape index (κ3) is 4.20. The van der Waals surface area contributed by atoms with Crippen LogP contribution in [0.4, 0.5) is 5.69 Å². The predicted octanol–water partition coefficient (Wildman–Crippen LogP) is 3.77. The summed E-state index contributed by atoms with van der Waals surface area (Å²) >= 11 is 1.61. The number of carbonyl (C=O) groups excluding carboxylic acids is 2. The monoisotopic (exact) mass is 438 g/mol. The number of carbonyl (C=O) groups is 2. The Labute approximate surface area is 183 Å². The Morgan fingerprint density at radius 1 is 1.13 bits per heavy atom. The number of thiophene rings is 1. The van der Waals surface area contributed by atoms with Crippen LogP contribution in [0, 0.1) is 0 Å². The molecule has 3 aromatic rings. The average Bonchev–Trinajstić information content (AvgIpc) is 3.20. The second-order valence-electron chi connectivity index (χ2n) is 7.09. The number of benzene rings is 2. The van der Waals surface area contributed by atoms with Crippen molar-refractivity contribution in [2.75, 3.05) is 26.1 Å². The molecule has 1 unspecified atom stereocenters. The summed E-state index contributed by atoms with van der Waals surface area (Å²) in [6, 6.07) is 13.2. The summed E-state index contributed by atoms with van der Waals surface area (Å²) in [5.74, 6) is 0.970. The van der Waals surface area contributed by atoms with Crippen LogP contribution in [0.1, 0.15) is 22.8 Å². The van der Waals surface area contributed by atoms with Crippen molar-refractivity contribution in [1.29, 1.82) is 0 Å². The van der Waals surface area contributed by atoms with Gasteiger partial charge >= 0.3 is 0 Å². The minimum atomic E-state index is -0.565. The first-order chi connectivity index (χ1) is 15.0. The van der Waals surface area contributed by atoms with Gasteiger partial charge in [-0.15, -0.1) is 11.3 Å². The highest BCUT2D eigenvalue weighted by Gasteiger charge is 2.31. The van der Waals surface area contributed by atoms with Crippen LogP contribution in [-0.4, -0.2) is 32.6 Å². The molecule has 0 radical (unpaired) electrons. The summed E-state index contributed by atoms with van der Waals surface area (Å²) in [5.41, 5.74) is 8.92. The fourth-order valence-electron chi connectivity index (χ4n) is 3.65. The Bertz CT molecular complexity index is 1120. The molecule has 0 spiro atoms. The molecule has 0 fully saturated rings. The summed E-state index contributed by atoms with van der Waals surface area (Å²) in [6.07, 6.45) is 0.334. The van der Waals surface area contributed by atoms with E-state index >= 15 is 0 Å². The molecule has 4 rings (SSSR count). The highest BCUT2D eigenvalue weighted by atomic mass is 32.1. The number of nitrogens with two attached hydrogens (primary N) is 1. The van der Waals surface area contributed by atoms with Crippen LogP contribution in [0.15, 0.2) is 47.8 Å². The number of anilines is 1. The molecule has 31 heavy (non-hydrogen) atoms. The molecule has 0 aliphatic carbocycles. The minimum absolute atomic E-state index is 0.0429. The molecule has 1 aliphatic heterocycles. The van der Waals surface area contributed by atoms with Gasteiger partial charge in [0.05, 0.1) is 19.9 Å². The molecule has 1 aliphatic rings.